The Bertz CT molecular complexity index is 906. The topological polar surface area (TPSA) is 96.3 Å². The molecule has 134 valence electrons. The van der Waals surface area contributed by atoms with Crippen molar-refractivity contribution in [3.8, 4) is 5.40 Å². The van der Waals surface area contributed by atoms with Crippen LogP contribution in [0.25, 0.3) is 0 Å². The summed E-state index contributed by atoms with van der Waals surface area (Å²) in [6.07, 6.45) is 1.47. The van der Waals surface area contributed by atoms with Crippen molar-refractivity contribution in [2.24, 2.45) is 0 Å². The van der Waals surface area contributed by atoms with E-state index in [4.69, 9.17) is 10.00 Å². The third-order valence-corrected chi connectivity index (χ3v) is 4.94. The SMILES string of the molecule is Cc1cc(SC#N)ccc1NC(=O)COC(=O)c1ccccc1[S@@](C)=O. The Balaban J connectivity index is 1.98. The molecule has 6 nitrogen and oxygen atoms in total. The Morgan fingerprint density at radius 1 is 1.27 bits per heavy atom. The van der Waals surface area contributed by atoms with Crippen molar-refractivity contribution < 1.29 is 18.5 Å². The zero-order chi connectivity index (χ0) is 19.1. The first-order chi connectivity index (χ1) is 12.4. The number of nitrogens with one attached hydrogen (secondary N) is 1. The maximum atomic E-state index is 12.1. The van der Waals surface area contributed by atoms with Gasteiger partial charge in [-0.25, -0.2) is 4.79 Å². The second kappa shape index (κ2) is 9.17. The number of carbonyl (C=O) groups excluding carboxylic acids is 2. The standard InChI is InChI=1S/C18H16N2O4S2/c1-12-9-13(25-11-19)7-8-15(12)20-17(21)10-24-18(22)14-5-3-4-6-16(14)26(2)23/h3-9H,10H2,1-2H3,(H,20,21)/t26-/m1/s1. The first kappa shape index (κ1) is 19.7. The second-order valence-corrected chi connectivity index (χ2v) is 7.45. The molecule has 26 heavy (non-hydrogen) atoms. The van der Waals surface area contributed by atoms with Crippen LogP contribution in [0, 0.1) is 17.6 Å². The molecule has 0 saturated carbocycles. The van der Waals surface area contributed by atoms with Gasteiger partial charge in [-0.15, -0.1) is 0 Å². The molecule has 0 aliphatic rings. The van der Waals surface area contributed by atoms with E-state index in [0.29, 0.717) is 10.6 Å². The van der Waals surface area contributed by atoms with E-state index in [9.17, 15) is 13.8 Å². The van der Waals surface area contributed by atoms with Crippen LogP contribution in [0.15, 0.2) is 52.3 Å². The Labute approximate surface area is 158 Å². The normalized spacial score (nSPS) is 11.3. The van der Waals surface area contributed by atoms with Crippen molar-refractivity contribution in [3.05, 3.63) is 53.6 Å². The molecule has 0 spiro atoms. The minimum absolute atomic E-state index is 0.176. The van der Waals surface area contributed by atoms with Crippen LogP contribution in [-0.2, 0) is 20.3 Å². The van der Waals surface area contributed by atoms with E-state index in [0.717, 1.165) is 22.2 Å². The number of amides is 1. The fourth-order valence-corrected chi connectivity index (χ4v) is 3.38. The van der Waals surface area contributed by atoms with E-state index >= 15 is 0 Å². The number of thioether (sulfide) groups is 1. The number of esters is 1. The molecule has 0 saturated heterocycles. The molecule has 2 aromatic carbocycles. The summed E-state index contributed by atoms with van der Waals surface area (Å²) in [5.41, 5.74) is 1.54. The van der Waals surface area contributed by atoms with Crippen molar-refractivity contribution in [2.75, 3.05) is 18.2 Å². The van der Waals surface area contributed by atoms with E-state index in [1.54, 1.807) is 43.3 Å². The summed E-state index contributed by atoms with van der Waals surface area (Å²) < 4.78 is 16.7. The number of thiocyanates is 1. The second-order valence-electron chi connectivity index (χ2n) is 5.24. The van der Waals surface area contributed by atoms with Crippen LogP contribution in [0.1, 0.15) is 15.9 Å². The predicted octanol–water partition coefficient (Wildman–Crippen LogP) is 3.10. The Hall–Kier alpha value is -2.63. The lowest BCUT2D eigenvalue weighted by atomic mass is 10.2. The highest BCUT2D eigenvalue weighted by Crippen LogP contribution is 2.23. The number of hydrogen-bond donors (Lipinski definition) is 1. The maximum Gasteiger partial charge on any atom is 0.339 e. The molecule has 0 bridgehead atoms. The number of nitriles is 1. The van der Waals surface area contributed by atoms with Gasteiger partial charge in [0.25, 0.3) is 5.91 Å². The van der Waals surface area contributed by atoms with E-state index < -0.39 is 29.3 Å². The third kappa shape index (κ3) is 5.18. The summed E-state index contributed by atoms with van der Waals surface area (Å²) in [4.78, 5) is 25.3. The van der Waals surface area contributed by atoms with E-state index in [2.05, 4.69) is 5.32 Å². The zero-order valence-corrected chi connectivity index (χ0v) is 15.8. The summed E-state index contributed by atoms with van der Waals surface area (Å²) in [7, 11) is -1.34. The van der Waals surface area contributed by atoms with Gasteiger partial charge in [-0.1, -0.05) is 12.1 Å². The molecule has 0 aliphatic heterocycles. The van der Waals surface area contributed by atoms with Gasteiger partial charge in [0, 0.05) is 16.8 Å². The number of hydrogen-bond acceptors (Lipinski definition) is 6. The van der Waals surface area contributed by atoms with Crippen LogP contribution < -0.4 is 5.32 Å². The first-order valence-electron chi connectivity index (χ1n) is 7.48. The van der Waals surface area contributed by atoms with E-state index in [1.807, 2.05) is 5.40 Å². The van der Waals surface area contributed by atoms with Crippen molar-refractivity contribution in [1.82, 2.24) is 0 Å². The molecule has 1 atom stereocenters. The van der Waals surface area contributed by atoms with E-state index in [-0.39, 0.29) is 5.56 Å². The fourth-order valence-electron chi connectivity index (χ4n) is 2.17. The first-order valence-corrected chi connectivity index (χ1v) is 9.86. The fraction of sp³-hybridized carbons (Fsp3) is 0.167. The Morgan fingerprint density at radius 3 is 2.65 bits per heavy atom. The number of aryl methyl sites for hydroxylation is 1. The van der Waals surface area contributed by atoms with Crippen molar-refractivity contribution in [2.45, 2.75) is 16.7 Å². The lowest BCUT2D eigenvalue weighted by molar-refractivity contribution is -0.119. The third-order valence-electron chi connectivity index (χ3n) is 3.39. The number of ether oxygens (including phenoxy) is 1. The van der Waals surface area contributed by atoms with Crippen molar-refractivity contribution in [3.63, 3.8) is 0 Å². The van der Waals surface area contributed by atoms with Crippen LogP contribution in [0.4, 0.5) is 5.69 Å². The monoisotopic (exact) mass is 388 g/mol. The predicted molar refractivity (Wildman–Crippen MR) is 100 cm³/mol. The molecule has 2 rings (SSSR count). The van der Waals surface area contributed by atoms with Gasteiger partial charge in [-0.2, -0.15) is 5.26 Å². The molecule has 0 unspecified atom stereocenters. The summed E-state index contributed by atoms with van der Waals surface area (Å²) in [5.74, 6) is -1.19. The summed E-state index contributed by atoms with van der Waals surface area (Å²) in [6, 6.07) is 11.6. The quantitative estimate of drug-likeness (QED) is 0.464. The van der Waals surface area contributed by atoms with Gasteiger partial charge in [-0.3, -0.25) is 9.00 Å². The largest absolute Gasteiger partial charge is 0.452 e. The highest BCUT2D eigenvalue weighted by atomic mass is 32.2. The molecule has 0 aromatic heterocycles. The molecular weight excluding hydrogens is 372 g/mol. The maximum absolute atomic E-state index is 12.1. The number of carbonyl (C=O) groups is 2. The number of anilines is 1. The lowest BCUT2D eigenvalue weighted by Gasteiger charge is -2.10. The van der Waals surface area contributed by atoms with Crippen molar-refractivity contribution >= 4 is 40.1 Å². The van der Waals surface area contributed by atoms with Gasteiger partial charge in [-0.05, 0) is 54.6 Å². The average Bonchev–Trinajstić information content (AvgIpc) is 2.62. The van der Waals surface area contributed by atoms with Crippen LogP contribution in [0.5, 0.6) is 0 Å². The summed E-state index contributed by atoms with van der Waals surface area (Å²) >= 11 is 1.03. The molecule has 0 radical (unpaired) electrons. The molecule has 2 aromatic rings. The molecule has 8 heteroatoms. The molecule has 1 N–H and O–H groups in total. The molecule has 0 aliphatic carbocycles. The van der Waals surface area contributed by atoms with Crippen LogP contribution in [0.3, 0.4) is 0 Å². The highest BCUT2D eigenvalue weighted by molar-refractivity contribution is 8.03. The number of nitrogens with zero attached hydrogens (tertiary/aromatic N) is 1. The van der Waals surface area contributed by atoms with E-state index in [1.165, 1.54) is 12.3 Å². The van der Waals surface area contributed by atoms with Gasteiger partial charge >= 0.3 is 5.97 Å². The molecule has 1 amide bonds. The minimum Gasteiger partial charge on any atom is -0.452 e. The van der Waals surface area contributed by atoms with Gasteiger partial charge in [0.2, 0.25) is 0 Å². The highest BCUT2D eigenvalue weighted by Gasteiger charge is 2.16. The Morgan fingerprint density at radius 2 is 2.00 bits per heavy atom. The lowest BCUT2D eigenvalue weighted by Crippen LogP contribution is -2.21. The smallest absolute Gasteiger partial charge is 0.339 e. The van der Waals surface area contributed by atoms with Crippen molar-refractivity contribution in [1.29, 1.82) is 5.26 Å². The summed E-state index contributed by atoms with van der Waals surface area (Å²) in [6.45, 7) is 1.34. The van der Waals surface area contributed by atoms with Gasteiger partial charge in [0.1, 0.15) is 5.40 Å². The van der Waals surface area contributed by atoms with Crippen LogP contribution in [-0.4, -0.2) is 28.9 Å². The molecule has 0 heterocycles. The van der Waals surface area contributed by atoms with Gasteiger partial charge in [0.05, 0.1) is 21.3 Å². The zero-order valence-electron chi connectivity index (χ0n) is 14.1. The van der Waals surface area contributed by atoms with Crippen LogP contribution >= 0.6 is 11.8 Å². The number of rotatable bonds is 6. The minimum atomic E-state index is -1.34. The number of benzene rings is 2. The van der Waals surface area contributed by atoms with Gasteiger partial charge < -0.3 is 10.1 Å². The Kier molecular flexibility index (Phi) is 6.95. The van der Waals surface area contributed by atoms with Gasteiger partial charge in [0.15, 0.2) is 6.61 Å². The van der Waals surface area contributed by atoms with Crippen LogP contribution in [0.2, 0.25) is 0 Å². The summed E-state index contributed by atoms with van der Waals surface area (Å²) in [5, 5.41) is 13.3. The average molecular weight is 388 g/mol. The molecular formula is C18H16N2O4S2. The molecule has 0 fully saturated rings.